The van der Waals surface area contributed by atoms with Crippen molar-refractivity contribution in [2.75, 3.05) is 18.0 Å². The molecule has 0 radical (unpaired) electrons. The van der Waals surface area contributed by atoms with Crippen LogP contribution < -0.4 is 10.2 Å². The SMILES string of the molecule is Cc1cc(C(=O)NC2CCN(c3nc4ccc(Cl)cc4o3)CC2)nn1C. The molecule has 1 saturated heterocycles. The second kappa shape index (κ2) is 6.64. The Morgan fingerprint density at radius 1 is 1.31 bits per heavy atom. The number of halogens is 1. The van der Waals surface area contributed by atoms with E-state index in [4.69, 9.17) is 16.0 Å². The highest BCUT2D eigenvalue weighted by atomic mass is 35.5. The lowest BCUT2D eigenvalue weighted by atomic mass is 10.1. The predicted molar refractivity (Wildman–Crippen MR) is 99.7 cm³/mol. The van der Waals surface area contributed by atoms with Gasteiger partial charge in [0.15, 0.2) is 5.58 Å². The summed E-state index contributed by atoms with van der Waals surface area (Å²) in [6.45, 7) is 3.47. The molecule has 8 heteroatoms. The van der Waals surface area contributed by atoms with Gasteiger partial charge in [-0.2, -0.15) is 10.1 Å². The van der Waals surface area contributed by atoms with Crippen LogP contribution in [0, 0.1) is 6.92 Å². The van der Waals surface area contributed by atoms with Crippen LogP contribution in [-0.2, 0) is 7.05 Å². The van der Waals surface area contributed by atoms with Crippen LogP contribution in [0.25, 0.3) is 11.1 Å². The zero-order valence-corrected chi connectivity index (χ0v) is 15.5. The van der Waals surface area contributed by atoms with Gasteiger partial charge in [0, 0.05) is 43.0 Å². The number of hydrogen-bond donors (Lipinski definition) is 1. The Labute approximate surface area is 155 Å². The molecule has 1 amide bonds. The average molecular weight is 374 g/mol. The number of piperidine rings is 1. The van der Waals surface area contributed by atoms with Gasteiger partial charge in [0.25, 0.3) is 11.9 Å². The highest BCUT2D eigenvalue weighted by Gasteiger charge is 2.25. The molecule has 1 fully saturated rings. The molecule has 1 N–H and O–H groups in total. The Balaban J connectivity index is 1.38. The molecular formula is C18H20ClN5O2. The van der Waals surface area contributed by atoms with E-state index in [0.29, 0.717) is 22.3 Å². The van der Waals surface area contributed by atoms with Crippen molar-refractivity contribution < 1.29 is 9.21 Å². The molecule has 0 spiro atoms. The van der Waals surface area contributed by atoms with Crippen LogP contribution in [0.5, 0.6) is 0 Å². The number of carbonyl (C=O) groups is 1. The van der Waals surface area contributed by atoms with E-state index in [-0.39, 0.29) is 11.9 Å². The number of aryl methyl sites for hydroxylation is 2. The molecular weight excluding hydrogens is 354 g/mol. The monoisotopic (exact) mass is 373 g/mol. The lowest BCUT2D eigenvalue weighted by Gasteiger charge is -2.31. The van der Waals surface area contributed by atoms with E-state index in [9.17, 15) is 4.79 Å². The third kappa shape index (κ3) is 3.26. The fourth-order valence-electron chi connectivity index (χ4n) is 3.17. The minimum Gasteiger partial charge on any atom is -0.423 e. The zero-order chi connectivity index (χ0) is 18.3. The van der Waals surface area contributed by atoms with E-state index < -0.39 is 0 Å². The summed E-state index contributed by atoms with van der Waals surface area (Å²) in [5.41, 5.74) is 2.91. The second-order valence-corrected chi connectivity index (χ2v) is 7.07. The van der Waals surface area contributed by atoms with Gasteiger partial charge in [0.2, 0.25) is 0 Å². The standard InChI is InChI=1S/C18H20ClN5O2/c1-11-9-15(22-23(11)2)17(25)20-13-5-7-24(8-6-13)18-21-14-4-3-12(19)10-16(14)26-18/h3-4,9-10,13H,5-8H2,1-2H3,(H,20,25). The molecule has 0 aliphatic carbocycles. The van der Waals surface area contributed by atoms with E-state index in [1.54, 1.807) is 22.9 Å². The molecule has 3 aromatic rings. The van der Waals surface area contributed by atoms with Crippen molar-refractivity contribution in [3.63, 3.8) is 0 Å². The largest absolute Gasteiger partial charge is 0.423 e. The number of carbonyl (C=O) groups excluding carboxylic acids is 1. The molecule has 4 rings (SSSR count). The maximum Gasteiger partial charge on any atom is 0.298 e. The molecule has 0 unspecified atom stereocenters. The molecule has 0 atom stereocenters. The fraction of sp³-hybridized carbons (Fsp3) is 0.389. The Morgan fingerprint density at radius 3 is 2.77 bits per heavy atom. The van der Waals surface area contributed by atoms with Crippen LogP contribution in [0.4, 0.5) is 6.01 Å². The number of oxazole rings is 1. The summed E-state index contributed by atoms with van der Waals surface area (Å²) >= 11 is 5.99. The van der Waals surface area contributed by atoms with Crippen LogP contribution >= 0.6 is 11.6 Å². The quantitative estimate of drug-likeness (QED) is 0.763. The van der Waals surface area contributed by atoms with E-state index in [1.165, 1.54) is 0 Å². The van der Waals surface area contributed by atoms with Crippen molar-refractivity contribution in [1.82, 2.24) is 20.1 Å². The van der Waals surface area contributed by atoms with Gasteiger partial charge in [-0.1, -0.05) is 11.6 Å². The molecule has 136 valence electrons. The topological polar surface area (TPSA) is 76.2 Å². The number of rotatable bonds is 3. The third-order valence-corrected chi connectivity index (χ3v) is 5.02. The molecule has 1 aromatic carbocycles. The van der Waals surface area contributed by atoms with Crippen LogP contribution in [0.2, 0.25) is 5.02 Å². The molecule has 26 heavy (non-hydrogen) atoms. The van der Waals surface area contributed by atoms with Crippen molar-refractivity contribution >= 4 is 34.6 Å². The maximum atomic E-state index is 12.3. The van der Waals surface area contributed by atoms with Crippen LogP contribution in [-0.4, -0.2) is 39.8 Å². The minimum absolute atomic E-state index is 0.122. The first-order chi connectivity index (χ1) is 12.5. The van der Waals surface area contributed by atoms with Crippen molar-refractivity contribution in [3.8, 4) is 0 Å². The number of anilines is 1. The molecule has 3 heterocycles. The summed E-state index contributed by atoms with van der Waals surface area (Å²) in [5.74, 6) is -0.122. The maximum absolute atomic E-state index is 12.3. The van der Waals surface area contributed by atoms with Gasteiger partial charge < -0.3 is 14.6 Å². The van der Waals surface area contributed by atoms with Crippen LogP contribution in [0.3, 0.4) is 0 Å². The third-order valence-electron chi connectivity index (χ3n) is 4.79. The molecule has 0 bridgehead atoms. The van der Waals surface area contributed by atoms with Crippen molar-refractivity contribution in [2.24, 2.45) is 7.05 Å². The van der Waals surface area contributed by atoms with Gasteiger partial charge in [-0.25, -0.2) is 0 Å². The molecule has 0 saturated carbocycles. The summed E-state index contributed by atoms with van der Waals surface area (Å²) in [6, 6.07) is 7.96. The number of nitrogens with one attached hydrogen (secondary N) is 1. The predicted octanol–water partition coefficient (Wildman–Crippen LogP) is 2.92. The normalized spacial score (nSPS) is 15.6. The summed E-state index contributed by atoms with van der Waals surface area (Å²) in [4.78, 5) is 19.0. The van der Waals surface area contributed by atoms with E-state index >= 15 is 0 Å². The van der Waals surface area contributed by atoms with Gasteiger partial charge in [-0.3, -0.25) is 9.48 Å². The van der Waals surface area contributed by atoms with E-state index in [1.807, 2.05) is 20.0 Å². The van der Waals surface area contributed by atoms with Gasteiger partial charge in [0.1, 0.15) is 11.2 Å². The lowest BCUT2D eigenvalue weighted by Crippen LogP contribution is -2.45. The summed E-state index contributed by atoms with van der Waals surface area (Å²) in [6.07, 6.45) is 1.66. The van der Waals surface area contributed by atoms with Gasteiger partial charge in [0.05, 0.1) is 0 Å². The number of amides is 1. The van der Waals surface area contributed by atoms with Gasteiger partial charge in [-0.05, 0) is 38.0 Å². The second-order valence-electron chi connectivity index (χ2n) is 6.64. The Morgan fingerprint density at radius 2 is 2.08 bits per heavy atom. The number of hydrogen-bond acceptors (Lipinski definition) is 5. The van der Waals surface area contributed by atoms with Crippen molar-refractivity contribution in [2.45, 2.75) is 25.8 Å². The zero-order valence-electron chi connectivity index (χ0n) is 14.7. The Kier molecular flexibility index (Phi) is 4.32. The fourth-order valence-corrected chi connectivity index (χ4v) is 3.33. The molecule has 7 nitrogen and oxygen atoms in total. The highest BCUT2D eigenvalue weighted by Crippen LogP contribution is 2.26. The molecule has 2 aromatic heterocycles. The first-order valence-corrected chi connectivity index (χ1v) is 9.00. The molecule has 1 aliphatic heterocycles. The number of benzene rings is 1. The number of nitrogens with zero attached hydrogens (tertiary/aromatic N) is 4. The number of fused-ring (bicyclic) bond motifs is 1. The first-order valence-electron chi connectivity index (χ1n) is 8.62. The molecule has 1 aliphatic rings. The highest BCUT2D eigenvalue weighted by molar-refractivity contribution is 6.31. The smallest absolute Gasteiger partial charge is 0.298 e. The van der Waals surface area contributed by atoms with E-state index in [2.05, 4.69) is 20.3 Å². The van der Waals surface area contributed by atoms with Gasteiger partial charge in [-0.15, -0.1) is 0 Å². The number of aromatic nitrogens is 3. The van der Waals surface area contributed by atoms with Crippen molar-refractivity contribution in [3.05, 3.63) is 40.7 Å². The Bertz CT molecular complexity index is 936. The minimum atomic E-state index is -0.122. The lowest BCUT2D eigenvalue weighted by molar-refractivity contribution is 0.0925. The average Bonchev–Trinajstić information content (AvgIpc) is 3.19. The van der Waals surface area contributed by atoms with Crippen molar-refractivity contribution in [1.29, 1.82) is 0 Å². The van der Waals surface area contributed by atoms with E-state index in [0.717, 1.165) is 37.1 Å². The van der Waals surface area contributed by atoms with Crippen LogP contribution in [0.15, 0.2) is 28.7 Å². The Hall–Kier alpha value is -2.54. The van der Waals surface area contributed by atoms with Gasteiger partial charge >= 0.3 is 0 Å². The van der Waals surface area contributed by atoms with Crippen LogP contribution in [0.1, 0.15) is 29.0 Å². The summed E-state index contributed by atoms with van der Waals surface area (Å²) in [5, 5.41) is 7.93. The summed E-state index contributed by atoms with van der Waals surface area (Å²) < 4.78 is 7.53. The first kappa shape index (κ1) is 16.9. The summed E-state index contributed by atoms with van der Waals surface area (Å²) in [7, 11) is 1.83.